The lowest BCUT2D eigenvalue weighted by atomic mass is 9.82. The summed E-state index contributed by atoms with van der Waals surface area (Å²) in [6.07, 6.45) is 0. The van der Waals surface area contributed by atoms with E-state index in [1.807, 2.05) is 18.2 Å². The quantitative estimate of drug-likeness (QED) is 0.160. The molecule has 3 aromatic heterocycles. The van der Waals surface area contributed by atoms with E-state index in [9.17, 15) is 0 Å². The van der Waals surface area contributed by atoms with Gasteiger partial charge in [-0.15, -0.1) is 0 Å². The number of hydrogen-bond donors (Lipinski definition) is 0. The molecular weight excluding hydrogens is 863 g/mol. The fourth-order valence-corrected chi connectivity index (χ4v) is 11.6. The van der Waals surface area contributed by atoms with E-state index < -0.39 is 0 Å². The van der Waals surface area contributed by atoms with Crippen LogP contribution in [0.1, 0.15) is 25.0 Å². The van der Waals surface area contributed by atoms with Crippen molar-refractivity contribution in [3.63, 3.8) is 0 Å². The summed E-state index contributed by atoms with van der Waals surface area (Å²) in [6, 6.07) is 84.9. The zero-order chi connectivity index (χ0) is 47.2. The predicted molar refractivity (Wildman–Crippen MR) is 293 cm³/mol. The molecule has 0 aliphatic heterocycles. The summed E-state index contributed by atoms with van der Waals surface area (Å²) in [6.45, 7) is 4.63. The third-order valence-corrected chi connectivity index (χ3v) is 14.8. The molecule has 5 nitrogen and oxygen atoms in total. The third kappa shape index (κ3) is 6.29. The molecule has 3 heterocycles. The minimum Gasteiger partial charge on any atom is -0.309 e. The number of nitrogens with zero attached hydrogens (tertiary/aromatic N) is 5. The van der Waals surface area contributed by atoms with E-state index >= 15 is 0 Å². The summed E-state index contributed by atoms with van der Waals surface area (Å²) in [5, 5.41) is 4.79. The number of para-hydroxylation sites is 3. The van der Waals surface area contributed by atoms with Gasteiger partial charge in [-0.05, 0) is 93.0 Å². The first-order chi connectivity index (χ1) is 35.0. The highest BCUT2D eigenvalue weighted by molar-refractivity contribution is 6.22. The lowest BCUT2D eigenvalue weighted by molar-refractivity contribution is 0.660. The van der Waals surface area contributed by atoms with Crippen LogP contribution in [0.25, 0.3) is 123 Å². The average Bonchev–Trinajstić information content (AvgIpc) is 4.04. The van der Waals surface area contributed by atoms with Crippen LogP contribution in [0.3, 0.4) is 0 Å². The predicted octanol–water partition coefficient (Wildman–Crippen LogP) is 16.7. The normalized spacial score (nSPS) is 12.8. The van der Waals surface area contributed by atoms with E-state index in [1.165, 1.54) is 60.6 Å². The maximum atomic E-state index is 5.51. The molecular formula is C66H45N5. The van der Waals surface area contributed by atoms with Crippen molar-refractivity contribution in [1.29, 1.82) is 0 Å². The smallest absolute Gasteiger partial charge is 0.166 e. The minimum atomic E-state index is -0.175. The summed E-state index contributed by atoms with van der Waals surface area (Å²) in [4.78, 5) is 16.2. The molecule has 0 amide bonds. The van der Waals surface area contributed by atoms with Crippen LogP contribution in [0.4, 0.5) is 0 Å². The molecule has 0 atom stereocenters. The van der Waals surface area contributed by atoms with Crippen LogP contribution in [0.5, 0.6) is 0 Å². The summed E-state index contributed by atoms with van der Waals surface area (Å²) in [5.41, 5.74) is 19.0. The Hall–Kier alpha value is -9.19. The van der Waals surface area contributed by atoms with Crippen molar-refractivity contribution in [3.8, 4) is 78.9 Å². The fourth-order valence-electron chi connectivity index (χ4n) is 11.6. The van der Waals surface area contributed by atoms with Gasteiger partial charge in [-0.2, -0.15) is 0 Å². The van der Waals surface area contributed by atoms with E-state index in [0.717, 1.165) is 55.6 Å². The largest absolute Gasteiger partial charge is 0.309 e. The van der Waals surface area contributed by atoms with Gasteiger partial charge in [0, 0.05) is 49.3 Å². The van der Waals surface area contributed by atoms with Crippen molar-refractivity contribution in [2.75, 3.05) is 0 Å². The molecule has 13 aromatic rings. The highest BCUT2D eigenvalue weighted by Crippen LogP contribution is 2.52. The first-order valence-corrected chi connectivity index (χ1v) is 24.4. The van der Waals surface area contributed by atoms with Crippen molar-refractivity contribution < 1.29 is 0 Å². The Morgan fingerprint density at radius 2 is 0.831 bits per heavy atom. The second-order valence-electron chi connectivity index (χ2n) is 19.1. The Bertz CT molecular complexity index is 4240. The molecule has 71 heavy (non-hydrogen) atoms. The molecule has 0 bridgehead atoms. The monoisotopic (exact) mass is 907 g/mol. The summed E-state index contributed by atoms with van der Waals surface area (Å²) >= 11 is 0. The number of aromatic nitrogens is 5. The lowest BCUT2D eigenvalue weighted by Gasteiger charge is -2.21. The third-order valence-electron chi connectivity index (χ3n) is 14.8. The minimum absolute atomic E-state index is 0.175. The van der Waals surface area contributed by atoms with Crippen LogP contribution in [0.15, 0.2) is 237 Å². The average molecular weight is 908 g/mol. The standard InChI is InChI=1S/C66H45N5/c1-66(2)53-33-15-12-27-48(53)60-52(32-18-34-54(60)66)65-68-63(43-23-8-4-9-24-43)67-64(69-65)51-29-14-17-36-56(51)71-58-38-20-31-47(62(58)50-40-39-44(41-59(50)71)42-21-6-3-7-22-42)46-30-19-37-57-61(46)49-28-13-16-35-55(49)70(57)45-25-10-5-11-26-45/h3-41H,1-2H3. The molecule has 0 spiro atoms. The number of fused-ring (bicyclic) bond motifs is 9. The number of rotatable bonds is 7. The van der Waals surface area contributed by atoms with Crippen LogP contribution in [0, 0.1) is 0 Å². The van der Waals surface area contributed by atoms with Crippen LogP contribution < -0.4 is 0 Å². The van der Waals surface area contributed by atoms with E-state index in [0.29, 0.717) is 17.5 Å². The van der Waals surface area contributed by atoms with E-state index in [4.69, 9.17) is 15.0 Å². The summed E-state index contributed by atoms with van der Waals surface area (Å²) < 4.78 is 4.84. The fraction of sp³-hybridized carbons (Fsp3) is 0.0455. The molecule has 5 heteroatoms. The maximum absolute atomic E-state index is 5.51. The van der Waals surface area contributed by atoms with Crippen molar-refractivity contribution in [2.24, 2.45) is 0 Å². The van der Waals surface area contributed by atoms with Gasteiger partial charge < -0.3 is 9.13 Å². The lowest BCUT2D eigenvalue weighted by Crippen LogP contribution is -2.14. The first kappa shape index (κ1) is 40.8. The van der Waals surface area contributed by atoms with Gasteiger partial charge in [0.1, 0.15) is 0 Å². The van der Waals surface area contributed by atoms with Gasteiger partial charge >= 0.3 is 0 Å². The molecule has 0 saturated carbocycles. The Morgan fingerprint density at radius 3 is 1.58 bits per heavy atom. The Morgan fingerprint density at radius 1 is 0.324 bits per heavy atom. The molecule has 0 radical (unpaired) electrons. The Labute approximate surface area is 411 Å². The van der Waals surface area contributed by atoms with Crippen molar-refractivity contribution >= 4 is 43.6 Å². The topological polar surface area (TPSA) is 48.5 Å². The molecule has 334 valence electrons. The zero-order valence-corrected chi connectivity index (χ0v) is 39.3. The Kier molecular flexibility index (Phi) is 9.17. The van der Waals surface area contributed by atoms with Gasteiger partial charge in [-0.3, -0.25) is 0 Å². The molecule has 10 aromatic carbocycles. The van der Waals surface area contributed by atoms with Gasteiger partial charge in [-0.1, -0.05) is 202 Å². The second-order valence-corrected chi connectivity index (χ2v) is 19.1. The molecule has 14 rings (SSSR count). The molecule has 1 aliphatic carbocycles. The zero-order valence-electron chi connectivity index (χ0n) is 39.3. The molecule has 0 unspecified atom stereocenters. The highest BCUT2D eigenvalue weighted by atomic mass is 15.1. The van der Waals surface area contributed by atoms with E-state index in [-0.39, 0.29) is 5.41 Å². The van der Waals surface area contributed by atoms with Crippen molar-refractivity contribution in [1.82, 2.24) is 24.1 Å². The highest BCUT2D eigenvalue weighted by Gasteiger charge is 2.37. The van der Waals surface area contributed by atoms with Crippen LogP contribution in [-0.2, 0) is 5.41 Å². The maximum Gasteiger partial charge on any atom is 0.166 e. The van der Waals surface area contributed by atoms with Gasteiger partial charge in [0.05, 0.1) is 27.8 Å². The van der Waals surface area contributed by atoms with Crippen LogP contribution in [-0.4, -0.2) is 24.1 Å². The molecule has 0 N–H and O–H groups in total. The van der Waals surface area contributed by atoms with Crippen LogP contribution in [0.2, 0.25) is 0 Å². The number of hydrogen-bond acceptors (Lipinski definition) is 3. The van der Waals surface area contributed by atoms with Gasteiger partial charge in [0.2, 0.25) is 0 Å². The van der Waals surface area contributed by atoms with E-state index in [2.05, 4.69) is 241 Å². The van der Waals surface area contributed by atoms with E-state index in [1.54, 1.807) is 0 Å². The van der Waals surface area contributed by atoms with Crippen LogP contribution >= 0.6 is 0 Å². The van der Waals surface area contributed by atoms with Gasteiger partial charge in [-0.25, -0.2) is 15.0 Å². The van der Waals surface area contributed by atoms with Gasteiger partial charge in [0.25, 0.3) is 0 Å². The van der Waals surface area contributed by atoms with Crippen molar-refractivity contribution in [3.05, 3.63) is 248 Å². The first-order valence-electron chi connectivity index (χ1n) is 24.4. The molecule has 0 saturated heterocycles. The summed E-state index contributed by atoms with van der Waals surface area (Å²) in [7, 11) is 0. The molecule has 0 fully saturated rings. The summed E-state index contributed by atoms with van der Waals surface area (Å²) in [5.74, 6) is 1.88. The Balaban J connectivity index is 1.04. The van der Waals surface area contributed by atoms with Crippen molar-refractivity contribution in [2.45, 2.75) is 19.3 Å². The second kappa shape index (κ2) is 15.9. The molecule has 1 aliphatic rings. The van der Waals surface area contributed by atoms with Gasteiger partial charge in [0.15, 0.2) is 17.5 Å². The number of benzene rings is 10. The SMILES string of the molecule is CC1(C)c2ccccc2-c2c(-c3nc(-c4ccccc4)nc(-c4ccccc4-n4c5cc(-c6ccccc6)ccc5c5c(-c6cccc7c6c6ccccc6n7-c6ccccc6)cccc54)n3)cccc21.